The van der Waals surface area contributed by atoms with E-state index in [-0.39, 0.29) is 0 Å². The summed E-state index contributed by atoms with van der Waals surface area (Å²) in [5.74, 6) is 0. The molecule has 0 spiro atoms. The van der Waals surface area contributed by atoms with Gasteiger partial charge in [0.2, 0.25) is 0 Å². The van der Waals surface area contributed by atoms with Gasteiger partial charge in [-0.15, -0.1) is 0 Å². The standard InChI is InChI=1S/C28H59Si/c1-5-6-7-8-9-10-11-12-13-14-15-16-17-18-19-20-21-22-23-24-25-26-27-28-29(2,3)4/h28H,5-27H2,1-4H3. The van der Waals surface area contributed by atoms with E-state index >= 15 is 0 Å². The lowest BCUT2D eigenvalue weighted by molar-refractivity contribution is 0.519. The summed E-state index contributed by atoms with van der Waals surface area (Å²) < 4.78 is 0. The van der Waals surface area contributed by atoms with Crippen molar-refractivity contribution in [3.63, 3.8) is 0 Å². The van der Waals surface area contributed by atoms with E-state index in [1.807, 2.05) is 0 Å². The van der Waals surface area contributed by atoms with Crippen LogP contribution in [0.1, 0.15) is 155 Å². The topological polar surface area (TPSA) is 0 Å². The zero-order valence-corrected chi connectivity index (χ0v) is 22.3. The fourth-order valence-corrected chi connectivity index (χ4v) is 5.36. The highest BCUT2D eigenvalue weighted by atomic mass is 28.3. The number of hydrogen-bond acceptors (Lipinski definition) is 0. The van der Waals surface area contributed by atoms with Crippen LogP contribution in [0.15, 0.2) is 0 Å². The van der Waals surface area contributed by atoms with Gasteiger partial charge in [-0.25, -0.2) is 0 Å². The Morgan fingerprint density at radius 3 is 0.862 bits per heavy atom. The van der Waals surface area contributed by atoms with Gasteiger partial charge in [0.1, 0.15) is 0 Å². The van der Waals surface area contributed by atoms with Crippen LogP contribution in [0.2, 0.25) is 19.6 Å². The molecule has 1 radical (unpaired) electrons. The Kier molecular flexibility index (Phi) is 23.1. The molecule has 0 aliphatic rings. The predicted octanol–water partition coefficient (Wildman–Crippen LogP) is 11.1. The Bertz CT molecular complexity index is 291. The molecule has 0 atom stereocenters. The zero-order valence-electron chi connectivity index (χ0n) is 21.3. The van der Waals surface area contributed by atoms with Gasteiger partial charge in [0.15, 0.2) is 0 Å². The summed E-state index contributed by atoms with van der Waals surface area (Å²) in [6, 6.07) is 2.63. The lowest BCUT2D eigenvalue weighted by Crippen LogP contribution is -2.20. The lowest BCUT2D eigenvalue weighted by atomic mass is 10.0. The van der Waals surface area contributed by atoms with Gasteiger partial charge in [-0.05, 0) is 6.04 Å². The molecule has 1 heteroatoms. The number of rotatable bonds is 24. The van der Waals surface area contributed by atoms with Crippen molar-refractivity contribution >= 4 is 8.07 Å². The Morgan fingerprint density at radius 2 is 0.621 bits per heavy atom. The van der Waals surface area contributed by atoms with Crippen LogP contribution in [0.25, 0.3) is 0 Å². The predicted molar refractivity (Wildman–Crippen MR) is 140 cm³/mol. The minimum Gasteiger partial charge on any atom is -0.0693 e. The maximum absolute atomic E-state index is 2.63. The van der Waals surface area contributed by atoms with Crippen LogP contribution >= 0.6 is 0 Å². The Hall–Kier alpha value is 0.217. The lowest BCUT2D eigenvalue weighted by Gasteiger charge is -2.14. The van der Waals surface area contributed by atoms with Gasteiger partial charge >= 0.3 is 0 Å². The van der Waals surface area contributed by atoms with Crippen molar-refractivity contribution in [3.8, 4) is 0 Å². The summed E-state index contributed by atoms with van der Waals surface area (Å²) in [6.45, 7) is 9.65. The molecule has 0 fully saturated rings. The zero-order chi connectivity index (χ0) is 21.5. The number of hydrogen-bond donors (Lipinski definition) is 0. The van der Waals surface area contributed by atoms with Crippen molar-refractivity contribution in [2.24, 2.45) is 0 Å². The fraction of sp³-hybridized carbons (Fsp3) is 0.964. The van der Waals surface area contributed by atoms with Gasteiger partial charge in [-0.1, -0.05) is 174 Å². The largest absolute Gasteiger partial charge is 0.0693 e. The Labute approximate surface area is 188 Å². The molecule has 0 bridgehead atoms. The smallest absolute Gasteiger partial charge is 0.0473 e. The molecule has 0 unspecified atom stereocenters. The van der Waals surface area contributed by atoms with Gasteiger partial charge in [0.25, 0.3) is 0 Å². The quantitative estimate of drug-likeness (QED) is 0.107. The maximum Gasteiger partial charge on any atom is 0.0473 e. The second-order valence-electron chi connectivity index (χ2n) is 10.8. The minimum absolute atomic E-state index is 0.900. The molecule has 0 aromatic rings. The first-order chi connectivity index (χ1) is 14.1. The second-order valence-corrected chi connectivity index (χ2v) is 15.9. The van der Waals surface area contributed by atoms with Crippen LogP contribution in [0.3, 0.4) is 0 Å². The van der Waals surface area contributed by atoms with Gasteiger partial charge in [-0.3, -0.25) is 0 Å². The van der Waals surface area contributed by atoms with Crippen LogP contribution in [0.4, 0.5) is 0 Å². The van der Waals surface area contributed by atoms with Crippen LogP contribution in [0.5, 0.6) is 0 Å². The maximum atomic E-state index is 2.63. The molecule has 175 valence electrons. The molecular weight excluding hydrogens is 364 g/mol. The van der Waals surface area contributed by atoms with Crippen molar-refractivity contribution < 1.29 is 0 Å². The summed E-state index contributed by atoms with van der Waals surface area (Å²) in [4.78, 5) is 0. The van der Waals surface area contributed by atoms with E-state index in [4.69, 9.17) is 0 Å². The van der Waals surface area contributed by atoms with E-state index < -0.39 is 8.07 Å². The van der Waals surface area contributed by atoms with Crippen molar-refractivity contribution in [3.05, 3.63) is 6.04 Å². The third-order valence-corrected chi connectivity index (χ3v) is 7.83. The molecule has 0 N–H and O–H groups in total. The van der Waals surface area contributed by atoms with Crippen molar-refractivity contribution in [2.45, 2.75) is 174 Å². The summed E-state index contributed by atoms with van der Waals surface area (Å²) >= 11 is 0. The molecule has 0 amide bonds. The summed E-state index contributed by atoms with van der Waals surface area (Å²) in [7, 11) is -0.900. The SMILES string of the molecule is CCCCCCCCCCCCCCCCCCCCCCCC[CH][Si](C)(C)C. The van der Waals surface area contributed by atoms with Crippen LogP contribution < -0.4 is 0 Å². The number of unbranched alkanes of at least 4 members (excludes halogenated alkanes) is 22. The first-order valence-electron chi connectivity index (χ1n) is 13.9. The molecule has 0 saturated carbocycles. The van der Waals surface area contributed by atoms with Crippen LogP contribution in [0, 0.1) is 6.04 Å². The molecule has 0 nitrogen and oxygen atoms in total. The highest BCUT2D eigenvalue weighted by Crippen LogP contribution is 2.16. The molecular formula is C28H59Si. The molecule has 0 aromatic carbocycles. The van der Waals surface area contributed by atoms with E-state index in [0.717, 1.165) is 0 Å². The fourth-order valence-electron chi connectivity index (χ4n) is 4.29. The highest BCUT2D eigenvalue weighted by molar-refractivity contribution is 6.79. The first-order valence-corrected chi connectivity index (χ1v) is 17.5. The molecule has 0 aromatic heterocycles. The molecule has 0 saturated heterocycles. The Balaban J connectivity index is 3.02. The monoisotopic (exact) mass is 423 g/mol. The normalized spacial score (nSPS) is 12.0. The van der Waals surface area contributed by atoms with E-state index in [1.54, 1.807) is 0 Å². The van der Waals surface area contributed by atoms with Crippen LogP contribution in [-0.2, 0) is 0 Å². The summed E-state index contributed by atoms with van der Waals surface area (Å²) in [6.07, 6.45) is 33.8. The van der Waals surface area contributed by atoms with E-state index in [0.29, 0.717) is 0 Å². The third kappa shape index (κ3) is 28.2. The molecule has 0 rings (SSSR count). The summed E-state index contributed by atoms with van der Waals surface area (Å²) in [5, 5.41) is 0. The first kappa shape index (κ1) is 29.2. The average molecular weight is 424 g/mol. The Morgan fingerprint density at radius 1 is 0.379 bits per heavy atom. The van der Waals surface area contributed by atoms with Crippen molar-refractivity contribution in [2.75, 3.05) is 0 Å². The van der Waals surface area contributed by atoms with E-state index in [2.05, 4.69) is 32.6 Å². The summed E-state index contributed by atoms with van der Waals surface area (Å²) in [5.41, 5.74) is 0. The molecule has 0 aliphatic carbocycles. The molecule has 0 heterocycles. The average Bonchev–Trinajstić information content (AvgIpc) is 2.67. The van der Waals surface area contributed by atoms with E-state index in [9.17, 15) is 0 Å². The molecule has 29 heavy (non-hydrogen) atoms. The van der Waals surface area contributed by atoms with E-state index in [1.165, 1.54) is 148 Å². The van der Waals surface area contributed by atoms with Crippen molar-refractivity contribution in [1.82, 2.24) is 0 Å². The van der Waals surface area contributed by atoms with Gasteiger partial charge in [-0.2, -0.15) is 0 Å². The second kappa shape index (κ2) is 22.9. The molecule has 0 aliphatic heterocycles. The van der Waals surface area contributed by atoms with Gasteiger partial charge < -0.3 is 0 Å². The minimum atomic E-state index is -0.900. The highest BCUT2D eigenvalue weighted by Gasteiger charge is 2.11. The van der Waals surface area contributed by atoms with Crippen LogP contribution in [-0.4, -0.2) is 8.07 Å². The van der Waals surface area contributed by atoms with Gasteiger partial charge in [0, 0.05) is 8.07 Å². The van der Waals surface area contributed by atoms with Gasteiger partial charge in [0.05, 0.1) is 0 Å². The third-order valence-electron chi connectivity index (χ3n) is 6.31. The van der Waals surface area contributed by atoms with Crippen molar-refractivity contribution in [1.29, 1.82) is 0 Å².